The van der Waals surface area contributed by atoms with Crippen molar-refractivity contribution >= 4 is 32.7 Å². The lowest BCUT2D eigenvalue weighted by atomic mass is 10.3. The molecule has 18 heavy (non-hydrogen) atoms. The van der Waals surface area contributed by atoms with Gasteiger partial charge in [-0.3, -0.25) is 0 Å². The third kappa shape index (κ3) is 2.99. The van der Waals surface area contributed by atoms with Gasteiger partial charge in [0.2, 0.25) is 10.0 Å². The first-order valence-electron chi connectivity index (χ1n) is 5.25. The van der Waals surface area contributed by atoms with Crippen molar-refractivity contribution in [1.29, 1.82) is 0 Å². The molecule has 2 rings (SSSR count). The average Bonchev–Trinajstić information content (AvgIpc) is 2.95. The second-order valence-electron chi connectivity index (χ2n) is 3.73. The number of aryl methyl sites for hydroxylation is 1. The molecule has 0 bridgehead atoms. The second-order valence-corrected chi connectivity index (χ2v) is 7.89. The van der Waals surface area contributed by atoms with Crippen molar-refractivity contribution in [3.63, 3.8) is 0 Å². The van der Waals surface area contributed by atoms with E-state index in [9.17, 15) is 8.42 Å². The molecular formula is C11H13NO3S3. The molecule has 98 valence electrons. The maximum atomic E-state index is 12.0. The van der Waals surface area contributed by atoms with Gasteiger partial charge in [-0.25, -0.2) is 13.1 Å². The molecule has 0 unspecified atom stereocenters. The van der Waals surface area contributed by atoms with Crippen molar-refractivity contribution in [1.82, 2.24) is 4.72 Å². The minimum Gasteiger partial charge on any atom is -0.391 e. The maximum absolute atomic E-state index is 12.0. The highest BCUT2D eigenvalue weighted by Gasteiger charge is 2.16. The number of hydrogen-bond acceptors (Lipinski definition) is 5. The van der Waals surface area contributed by atoms with Crippen LogP contribution in [0.15, 0.2) is 27.8 Å². The SMILES string of the molecule is Cc1ccsc1CNS(=O)(=O)c1ccc(CO)s1. The zero-order valence-corrected chi connectivity index (χ0v) is 12.2. The zero-order chi connectivity index (χ0) is 13.2. The highest BCUT2D eigenvalue weighted by Crippen LogP contribution is 2.22. The van der Waals surface area contributed by atoms with E-state index in [1.54, 1.807) is 6.07 Å². The number of aliphatic hydroxyl groups is 1. The predicted octanol–water partition coefficient (Wildman–Crippen LogP) is 2.09. The summed E-state index contributed by atoms with van der Waals surface area (Å²) < 4.78 is 26.8. The van der Waals surface area contributed by atoms with Crippen LogP contribution in [0.5, 0.6) is 0 Å². The number of hydrogen-bond donors (Lipinski definition) is 2. The van der Waals surface area contributed by atoms with E-state index in [0.29, 0.717) is 11.4 Å². The van der Waals surface area contributed by atoms with Gasteiger partial charge >= 0.3 is 0 Å². The number of thiophene rings is 2. The fourth-order valence-electron chi connectivity index (χ4n) is 1.40. The van der Waals surface area contributed by atoms with Gasteiger partial charge < -0.3 is 5.11 Å². The Balaban J connectivity index is 2.10. The van der Waals surface area contributed by atoms with E-state index >= 15 is 0 Å². The van der Waals surface area contributed by atoms with Crippen molar-refractivity contribution in [2.75, 3.05) is 0 Å². The van der Waals surface area contributed by atoms with Crippen molar-refractivity contribution in [3.05, 3.63) is 38.9 Å². The summed E-state index contributed by atoms with van der Waals surface area (Å²) in [5, 5.41) is 10.9. The Morgan fingerprint density at radius 2 is 2.11 bits per heavy atom. The predicted molar refractivity (Wildman–Crippen MR) is 73.3 cm³/mol. The number of aliphatic hydroxyl groups excluding tert-OH is 1. The summed E-state index contributed by atoms with van der Waals surface area (Å²) in [6.45, 7) is 2.12. The average molecular weight is 303 g/mol. The Bertz CT molecular complexity index is 628. The van der Waals surface area contributed by atoms with Crippen molar-refractivity contribution in [3.8, 4) is 0 Å². The van der Waals surface area contributed by atoms with Crippen molar-refractivity contribution in [2.45, 2.75) is 24.3 Å². The van der Waals surface area contributed by atoms with Crippen LogP contribution in [0.4, 0.5) is 0 Å². The first kappa shape index (κ1) is 13.7. The van der Waals surface area contributed by atoms with Crippen LogP contribution in [-0.2, 0) is 23.2 Å². The minimum atomic E-state index is -3.48. The molecular weight excluding hydrogens is 290 g/mol. The fourth-order valence-corrected chi connectivity index (χ4v) is 4.60. The molecule has 7 heteroatoms. The van der Waals surface area contributed by atoms with Crippen molar-refractivity contribution < 1.29 is 13.5 Å². The van der Waals surface area contributed by atoms with Crippen LogP contribution in [0.2, 0.25) is 0 Å². The van der Waals surface area contributed by atoms with Gasteiger partial charge in [-0.05, 0) is 36.1 Å². The van der Waals surface area contributed by atoms with Gasteiger partial charge in [-0.2, -0.15) is 0 Å². The third-order valence-corrected chi connectivity index (χ3v) is 6.43. The van der Waals surface area contributed by atoms with Crippen LogP contribution >= 0.6 is 22.7 Å². The molecule has 0 saturated heterocycles. The Morgan fingerprint density at radius 3 is 2.67 bits per heavy atom. The Hall–Kier alpha value is -0.730. The molecule has 0 atom stereocenters. The molecule has 0 aromatic carbocycles. The van der Waals surface area contributed by atoms with E-state index in [4.69, 9.17) is 5.11 Å². The molecule has 0 spiro atoms. The summed E-state index contributed by atoms with van der Waals surface area (Å²) in [5.41, 5.74) is 1.09. The van der Waals surface area contributed by atoms with E-state index < -0.39 is 10.0 Å². The van der Waals surface area contributed by atoms with Gasteiger partial charge in [-0.1, -0.05) is 0 Å². The van der Waals surface area contributed by atoms with Crippen LogP contribution in [0.1, 0.15) is 15.3 Å². The van der Waals surface area contributed by atoms with Crippen LogP contribution in [-0.4, -0.2) is 13.5 Å². The van der Waals surface area contributed by atoms with Crippen LogP contribution < -0.4 is 4.72 Å². The van der Waals surface area contributed by atoms with Crippen LogP contribution in [0.25, 0.3) is 0 Å². The lowest BCUT2D eigenvalue weighted by molar-refractivity contribution is 0.285. The first-order chi connectivity index (χ1) is 8.53. The summed E-state index contributed by atoms with van der Waals surface area (Å²) >= 11 is 2.62. The van der Waals surface area contributed by atoms with Gasteiger partial charge in [0.1, 0.15) is 4.21 Å². The van der Waals surface area contributed by atoms with Gasteiger partial charge in [0.05, 0.1) is 6.61 Å². The lowest BCUT2D eigenvalue weighted by Gasteiger charge is -2.03. The molecule has 0 radical (unpaired) electrons. The normalized spacial score (nSPS) is 11.9. The Morgan fingerprint density at radius 1 is 1.33 bits per heavy atom. The van der Waals surface area contributed by atoms with Gasteiger partial charge in [0.25, 0.3) is 0 Å². The molecule has 2 N–H and O–H groups in total. The lowest BCUT2D eigenvalue weighted by Crippen LogP contribution is -2.22. The van der Waals surface area contributed by atoms with Crippen molar-refractivity contribution in [2.24, 2.45) is 0 Å². The third-order valence-electron chi connectivity index (χ3n) is 2.45. The van der Waals surface area contributed by atoms with Crippen LogP contribution in [0.3, 0.4) is 0 Å². The smallest absolute Gasteiger partial charge is 0.250 e. The molecule has 0 aliphatic heterocycles. The number of sulfonamides is 1. The molecule has 0 amide bonds. The summed E-state index contributed by atoms with van der Waals surface area (Å²) in [5.74, 6) is 0. The molecule has 4 nitrogen and oxygen atoms in total. The van der Waals surface area contributed by atoms with E-state index in [0.717, 1.165) is 21.8 Å². The van der Waals surface area contributed by atoms with E-state index in [2.05, 4.69) is 4.72 Å². The maximum Gasteiger partial charge on any atom is 0.250 e. The van der Waals surface area contributed by atoms with E-state index in [1.807, 2.05) is 18.4 Å². The van der Waals surface area contributed by atoms with Crippen LogP contribution in [0, 0.1) is 6.92 Å². The van der Waals surface area contributed by atoms with E-state index in [-0.39, 0.29) is 10.8 Å². The Labute approximate surface area is 114 Å². The quantitative estimate of drug-likeness (QED) is 0.889. The van der Waals surface area contributed by atoms with Gasteiger partial charge in [0.15, 0.2) is 0 Å². The van der Waals surface area contributed by atoms with Gasteiger partial charge in [0, 0.05) is 16.3 Å². The largest absolute Gasteiger partial charge is 0.391 e. The molecule has 0 fully saturated rings. The first-order valence-corrected chi connectivity index (χ1v) is 8.43. The second kappa shape index (κ2) is 5.50. The van der Waals surface area contributed by atoms with E-state index in [1.165, 1.54) is 17.4 Å². The minimum absolute atomic E-state index is 0.135. The fraction of sp³-hybridized carbons (Fsp3) is 0.273. The number of nitrogens with one attached hydrogen (secondary N) is 1. The summed E-state index contributed by atoms with van der Waals surface area (Å²) in [6.07, 6.45) is 0. The monoisotopic (exact) mass is 303 g/mol. The molecule has 2 heterocycles. The topological polar surface area (TPSA) is 66.4 Å². The molecule has 2 aromatic heterocycles. The highest BCUT2D eigenvalue weighted by molar-refractivity contribution is 7.91. The Kier molecular flexibility index (Phi) is 4.18. The molecule has 0 aliphatic carbocycles. The number of rotatable bonds is 5. The zero-order valence-electron chi connectivity index (χ0n) is 9.71. The standard InChI is InChI=1S/C11H13NO3S3/c1-8-4-5-16-10(8)6-12-18(14,15)11-3-2-9(7-13)17-11/h2-5,12-13H,6-7H2,1H3. The molecule has 2 aromatic rings. The molecule has 0 aliphatic rings. The summed E-state index contributed by atoms with van der Waals surface area (Å²) in [4.78, 5) is 1.65. The van der Waals surface area contributed by atoms with Gasteiger partial charge in [-0.15, -0.1) is 22.7 Å². The highest BCUT2D eigenvalue weighted by atomic mass is 32.2. The summed E-state index contributed by atoms with van der Waals surface area (Å²) in [7, 11) is -3.48. The molecule has 0 saturated carbocycles. The summed E-state index contributed by atoms with van der Waals surface area (Å²) in [6, 6.07) is 5.10.